The zero-order chi connectivity index (χ0) is 14.6. The van der Waals surface area contributed by atoms with Gasteiger partial charge in [-0.15, -0.1) is 0 Å². The predicted molar refractivity (Wildman–Crippen MR) is 74.8 cm³/mol. The van der Waals surface area contributed by atoms with Crippen LogP contribution in [0.4, 0.5) is 20.4 Å². The molecule has 1 saturated carbocycles. The molecule has 4 nitrogen and oxygen atoms in total. The number of hydrogen-bond acceptors (Lipinski definition) is 4. The van der Waals surface area contributed by atoms with Gasteiger partial charge in [-0.05, 0) is 19.3 Å². The second kappa shape index (κ2) is 6.35. The summed E-state index contributed by atoms with van der Waals surface area (Å²) < 4.78 is 27.2. The van der Waals surface area contributed by atoms with Gasteiger partial charge in [-0.25, -0.2) is 13.8 Å². The van der Waals surface area contributed by atoms with Gasteiger partial charge in [-0.2, -0.15) is 0 Å². The number of aliphatic hydroxyl groups is 1. The summed E-state index contributed by atoms with van der Waals surface area (Å²) in [6.45, 7) is 2.75. The second-order valence-corrected chi connectivity index (χ2v) is 5.36. The van der Waals surface area contributed by atoms with Gasteiger partial charge in [0.1, 0.15) is 0 Å². The van der Waals surface area contributed by atoms with Crippen LogP contribution in [0.3, 0.4) is 0 Å². The van der Waals surface area contributed by atoms with Crippen molar-refractivity contribution >= 4 is 11.6 Å². The monoisotopic (exact) mass is 285 g/mol. The highest BCUT2D eigenvalue weighted by atomic mass is 19.1. The van der Waals surface area contributed by atoms with Gasteiger partial charge in [0.15, 0.2) is 23.3 Å². The van der Waals surface area contributed by atoms with Crippen LogP contribution in [0.5, 0.6) is 0 Å². The van der Waals surface area contributed by atoms with Crippen molar-refractivity contribution in [2.75, 3.05) is 23.7 Å². The molecule has 2 rings (SSSR count). The number of aromatic nitrogens is 1. The van der Waals surface area contributed by atoms with Crippen LogP contribution in [0.25, 0.3) is 0 Å². The van der Waals surface area contributed by atoms with Crippen LogP contribution in [0.1, 0.15) is 39.0 Å². The minimum atomic E-state index is -0.806. The highest BCUT2D eigenvalue weighted by Gasteiger charge is 2.31. The SMILES string of the molecule is CCCNc1nc(NCC2(O)CCCC2)c(F)cc1F. The lowest BCUT2D eigenvalue weighted by molar-refractivity contribution is 0.0613. The first-order chi connectivity index (χ1) is 9.54. The molecule has 0 atom stereocenters. The van der Waals surface area contributed by atoms with E-state index in [0.29, 0.717) is 19.4 Å². The summed E-state index contributed by atoms with van der Waals surface area (Å²) in [4.78, 5) is 3.92. The third kappa shape index (κ3) is 3.56. The molecule has 1 heterocycles. The molecular formula is C14H21F2N3O. The van der Waals surface area contributed by atoms with E-state index < -0.39 is 17.2 Å². The molecule has 0 amide bonds. The zero-order valence-corrected chi connectivity index (χ0v) is 11.7. The molecule has 0 spiro atoms. The number of pyridine rings is 1. The van der Waals surface area contributed by atoms with Crippen molar-refractivity contribution in [2.45, 2.75) is 44.6 Å². The van der Waals surface area contributed by atoms with Crippen molar-refractivity contribution < 1.29 is 13.9 Å². The molecule has 1 aliphatic carbocycles. The Labute approximate surface area is 117 Å². The normalized spacial score (nSPS) is 17.2. The maximum atomic E-state index is 13.7. The van der Waals surface area contributed by atoms with Crippen LogP contribution >= 0.6 is 0 Å². The molecule has 6 heteroatoms. The van der Waals surface area contributed by atoms with E-state index in [2.05, 4.69) is 15.6 Å². The number of nitrogens with one attached hydrogen (secondary N) is 2. The van der Waals surface area contributed by atoms with Crippen LogP contribution < -0.4 is 10.6 Å². The summed E-state index contributed by atoms with van der Waals surface area (Å²) in [5, 5.41) is 15.8. The first-order valence-electron chi connectivity index (χ1n) is 7.10. The standard InChI is InChI=1S/C14H21F2N3O/c1-2-7-17-12-10(15)8-11(16)13(19-12)18-9-14(20)5-3-4-6-14/h8,20H,2-7,9H2,1H3,(H2,17,18,19). The summed E-state index contributed by atoms with van der Waals surface area (Å²) in [6.07, 6.45) is 4.16. The van der Waals surface area contributed by atoms with Gasteiger partial charge in [0, 0.05) is 19.2 Å². The van der Waals surface area contributed by atoms with E-state index in [4.69, 9.17) is 0 Å². The molecule has 0 saturated heterocycles. The smallest absolute Gasteiger partial charge is 0.168 e. The van der Waals surface area contributed by atoms with Gasteiger partial charge >= 0.3 is 0 Å². The van der Waals surface area contributed by atoms with E-state index in [0.717, 1.165) is 25.3 Å². The fourth-order valence-electron chi connectivity index (χ4n) is 2.42. The number of anilines is 2. The molecule has 0 radical (unpaired) electrons. The number of nitrogens with zero attached hydrogens (tertiary/aromatic N) is 1. The molecule has 112 valence electrons. The molecule has 0 aliphatic heterocycles. The Bertz CT molecular complexity index is 462. The van der Waals surface area contributed by atoms with E-state index in [-0.39, 0.29) is 18.2 Å². The van der Waals surface area contributed by atoms with Crippen molar-refractivity contribution in [3.05, 3.63) is 17.7 Å². The van der Waals surface area contributed by atoms with Crippen LogP contribution in [0.15, 0.2) is 6.07 Å². The lowest BCUT2D eigenvalue weighted by Gasteiger charge is -2.23. The fourth-order valence-corrected chi connectivity index (χ4v) is 2.42. The summed E-state index contributed by atoms with van der Waals surface area (Å²) in [5.74, 6) is -1.44. The van der Waals surface area contributed by atoms with Gasteiger partial charge in [0.05, 0.1) is 5.60 Å². The first-order valence-corrected chi connectivity index (χ1v) is 7.10. The molecule has 1 aromatic heterocycles. The molecule has 20 heavy (non-hydrogen) atoms. The third-order valence-corrected chi connectivity index (χ3v) is 3.59. The lowest BCUT2D eigenvalue weighted by atomic mass is 10.0. The van der Waals surface area contributed by atoms with Crippen LogP contribution in [0, 0.1) is 11.6 Å². The van der Waals surface area contributed by atoms with Gasteiger partial charge in [0.2, 0.25) is 0 Å². The molecule has 0 bridgehead atoms. The minimum Gasteiger partial charge on any atom is -0.388 e. The average Bonchev–Trinajstić information content (AvgIpc) is 2.84. The maximum absolute atomic E-state index is 13.7. The quantitative estimate of drug-likeness (QED) is 0.752. The molecular weight excluding hydrogens is 264 g/mol. The first kappa shape index (κ1) is 15.0. The Hall–Kier alpha value is -1.43. The van der Waals surface area contributed by atoms with Crippen LogP contribution in [0.2, 0.25) is 0 Å². The van der Waals surface area contributed by atoms with Gasteiger partial charge < -0.3 is 15.7 Å². The fraction of sp³-hybridized carbons (Fsp3) is 0.643. The van der Waals surface area contributed by atoms with Gasteiger partial charge in [-0.1, -0.05) is 19.8 Å². The molecule has 1 aromatic rings. The van der Waals surface area contributed by atoms with E-state index >= 15 is 0 Å². The molecule has 1 aliphatic rings. The van der Waals surface area contributed by atoms with Gasteiger partial charge in [0.25, 0.3) is 0 Å². The summed E-state index contributed by atoms with van der Waals surface area (Å²) >= 11 is 0. The van der Waals surface area contributed by atoms with Crippen molar-refractivity contribution in [2.24, 2.45) is 0 Å². The van der Waals surface area contributed by atoms with Crippen molar-refractivity contribution in [3.63, 3.8) is 0 Å². The molecule has 1 fully saturated rings. The Morgan fingerprint density at radius 3 is 2.40 bits per heavy atom. The predicted octanol–water partition coefficient (Wildman–Crippen LogP) is 2.90. The maximum Gasteiger partial charge on any atom is 0.168 e. The van der Waals surface area contributed by atoms with E-state index in [9.17, 15) is 13.9 Å². The molecule has 3 N–H and O–H groups in total. The highest BCUT2D eigenvalue weighted by Crippen LogP contribution is 2.30. The number of hydrogen-bond donors (Lipinski definition) is 3. The Morgan fingerprint density at radius 1 is 1.20 bits per heavy atom. The molecule has 0 unspecified atom stereocenters. The highest BCUT2D eigenvalue weighted by molar-refractivity contribution is 5.47. The van der Waals surface area contributed by atoms with Gasteiger partial charge in [-0.3, -0.25) is 0 Å². The van der Waals surface area contributed by atoms with Crippen molar-refractivity contribution in [3.8, 4) is 0 Å². The van der Waals surface area contributed by atoms with E-state index in [1.807, 2.05) is 6.92 Å². The largest absolute Gasteiger partial charge is 0.388 e. The number of rotatable bonds is 6. The Morgan fingerprint density at radius 2 is 1.80 bits per heavy atom. The van der Waals surface area contributed by atoms with E-state index in [1.165, 1.54) is 0 Å². The lowest BCUT2D eigenvalue weighted by Crippen LogP contribution is -2.34. The van der Waals surface area contributed by atoms with Crippen molar-refractivity contribution in [1.29, 1.82) is 0 Å². The number of halogens is 2. The van der Waals surface area contributed by atoms with Crippen molar-refractivity contribution in [1.82, 2.24) is 4.98 Å². The summed E-state index contributed by atoms with van der Waals surface area (Å²) in [6, 6.07) is 0.812. The second-order valence-electron chi connectivity index (χ2n) is 5.36. The Kier molecular flexibility index (Phi) is 4.75. The third-order valence-electron chi connectivity index (χ3n) is 3.59. The van der Waals surface area contributed by atoms with Crippen LogP contribution in [-0.2, 0) is 0 Å². The Balaban J connectivity index is 2.06. The topological polar surface area (TPSA) is 57.2 Å². The molecule has 0 aromatic carbocycles. The van der Waals surface area contributed by atoms with Crippen LogP contribution in [-0.4, -0.2) is 28.8 Å². The zero-order valence-electron chi connectivity index (χ0n) is 11.7. The average molecular weight is 285 g/mol. The minimum absolute atomic E-state index is 0.0228. The summed E-state index contributed by atoms with van der Waals surface area (Å²) in [7, 11) is 0. The van der Waals surface area contributed by atoms with E-state index in [1.54, 1.807) is 0 Å². The summed E-state index contributed by atoms with van der Waals surface area (Å²) in [5.41, 5.74) is -0.806.